The van der Waals surface area contributed by atoms with E-state index in [4.69, 9.17) is 4.74 Å². The maximum atomic E-state index is 14.1. The van der Waals surface area contributed by atoms with Crippen molar-refractivity contribution in [3.63, 3.8) is 0 Å². The van der Waals surface area contributed by atoms with E-state index in [0.29, 0.717) is 22.9 Å². The Labute approximate surface area is 171 Å². The first-order chi connectivity index (χ1) is 14.1. The van der Waals surface area contributed by atoms with E-state index in [1.807, 2.05) is 0 Å². The molecule has 3 aromatic rings. The van der Waals surface area contributed by atoms with Gasteiger partial charge in [0.25, 0.3) is 5.56 Å². The second kappa shape index (κ2) is 8.15. The topological polar surface area (TPSA) is 100 Å². The minimum atomic E-state index is -3.55. The third kappa shape index (κ3) is 4.77. The minimum absolute atomic E-state index is 0.178. The molecule has 7 nitrogen and oxygen atoms in total. The van der Waals surface area contributed by atoms with Crippen LogP contribution in [0.4, 0.5) is 20.2 Å². The zero-order chi connectivity index (χ0) is 22.1. The van der Waals surface area contributed by atoms with Gasteiger partial charge in [-0.05, 0) is 43.3 Å². The molecule has 0 amide bonds. The summed E-state index contributed by atoms with van der Waals surface area (Å²) in [4.78, 5) is 14.7. The zero-order valence-corrected chi connectivity index (χ0v) is 17.2. The van der Waals surface area contributed by atoms with E-state index in [2.05, 4.69) is 15.0 Å². The molecule has 0 spiro atoms. The molecule has 0 aliphatic heterocycles. The lowest BCUT2D eigenvalue weighted by Gasteiger charge is -2.16. The van der Waals surface area contributed by atoms with Gasteiger partial charge in [-0.2, -0.15) is 0 Å². The molecule has 10 heteroatoms. The van der Waals surface area contributed by atoms with Gasteiger partial charge in [-0.25, -0.2) is 17.2 Å². The Balaban J connectivity index is 2.19. The predicted octanol–water partition coefficient (Wildman–Crippen LogP) is 3.83. The molecule has 0 saturated heterocycles. The molecular weight excluding hydrogens is 416 g/mol. The summed E-state index contributed by atoms with van der Waals surface area (Å²) in [5.41, 5.74) is 1.58. The lowest BCUT2D eigenvalue weighted by molar-refractivity contribution is 0.439. The van der Waals surface area contributed by atoms with Crippen molar-refractivity contribution in [2.45, 2.75) is 6.92 Å². The number of sulfonamides is 1. The fourth-order valence-corrected chi connectivity index (χ4v) is 3.43. The summed E-state index contributed by atoms with van der Waals surface area (Å²) in [5.74, 6) is -1.68. The molecule has 0 saturated carbocycles. The molecule has 0 unspecified atom stereocenters. The lowest BCUT2D eigenvalue weighted by atomic mass is 10.0. The number of H-pyrrole nitrogens is 1. The predicted molar refractivity (Wildman–Crippen MR) is 112 cm³/mol. The van der Waals surface area contributed by atoms with E-state index in [0.717, 1.165) is 18.4 Å². The third-order valence-corrected chi connectivity index (χ3v) is 4.80. The molecule has 3 rings (SSSR count). The van der Waals surface area contributed by atoms with E-state index in [1.54, 1.807) is 20.0 Å². The molecule has 2 aromatic carbocycles. The molecule has 0 bridgehead atoms. The monoisotopic (exact) mass is 435 g/mol. The van der Waals surface area contributed by atoms with Crippen LogP contribution in [0.2, 0.25) is 0 Å². The van der Waals surface area contributed by atoms with Crippen molar-refractivity contribution < 1.29 is 21.9 Å². The second-order valence-corrected chi connectivity index (χ2v) is 8.31. The van der Waals surface area contributed by atoms with E-state index >= 15 is 0 Å². The van der Waals surface area contributed by atoms with E-state index in [1.165, 1.54) is 18.2 Å². The van der Waals surface area contributed by atoms with Crippen LogP contribution in [0.5, 0.6) is 11.5 Å². The molecule has 0 radical (unpaired) electrons. The summed E-state index contributed by atoms with van der Waals surface area (Å²) in [7, 11) is -1.97. The SMILES string of the molecule is CNc1cc(-c2cc(NS(C)(=O)=O)ccc2Oc2ccc(F)cc2F)c(C)[nH]c1=O. The summed E-state index contributed by atoms with van der Waals surface area (Å²) in [6, 6.07) is 8.87. The fourth-order valence-electron chi connectivity index (χ4n) is 2.87. The highest BCUT2D eigenvalue weighted by molar-refractivity contribution is 7.92. The number of aryl methyl sites for hydroxylation is 1. The molecule has 0 fully saturated rings. The number of ether oxygens (including phenoxy) is 1. The Morgan fingerprint density at radius 2 is 1.70 bits per heavy atom. The van der Waals surface area contributed by atoms with Crippen molar-refractivity contribution in [3.05, 3.63) is 70.1 Å². The van der Waals surface area contributed by atoms with Crippen molar-refractivity contribution in [3.8, 4) is 22.6 Å². The van der Waals surface area contributed by atoms with Crippen LogP contribution >= 0.6 is 0 Å². The molecule has 0 aliphatic rings. The Morgan fingerprint density at radius 1 is 1.00 bits per heavy atom. The van der Waals surface area contributed by atoms with Crippen molar-refractivity contribution in [2.75, 3.05) is 23.3 Å². The van der Waals surface area contributed by atoms with Crippen LogP contribution < -0.4 is 20.3 Å². The molecule has 158 valence electrons. The normalized spacial score (nSPS) is 11.2. The van der Waals surface area contributed by atoms with Crippen LogP contribution in [0.3, 0.4) is 0 Å². The average Bonchev–Trinajstić information content (AvgIpc) is 2.64. The summed E-state index contributed by atoms with van der Waals surface area (Å²) >= 11 is 0. The number of benzene rings is 2. The molecule has 1 heterocycles. The number of anilines is 2. The maximum absolute atomic E-state index is 14.1. The number of nitrogens with one attached hydrogen (secondary N) is 3. The van der Waals surface area contributed by atoms with Crippen molar-refractivity contribution >= 4 is 21.4 Å². The molecule has 3 N–H and O–H groups in total. The Bertz CT molecular complexity index is 1270. The van der Waals surface area contributed by atoms with Gasteiger partial charge in [0.05, 0.1) is 6.26 Å². The summed E-state index contributed by atoms with van der Waals surface area (Å²) in [6.45, 7) is 1.66. The first kappa shape index (κ1) is 21.3. The Kier molecular flexibility index (Phi) is 5.79. The lowest BCUT2D eigenvalue weighted by Crippen LogP contribution is -2.13. The van der Waals surface area contributed by atoms with Crippen LogP contribution in [0, 0.1) is 18.6 Å². The highest BCUT2D eigenvalue weighted by atomic mass is 32.2. The number of pyridine rings is 1. The summed E-state index contributed by atoms with van der Waals surface area (Å²) < 4.78 is 58.6. The Hall–Kier alpha value is -3.40. The molecule has 1 aromatic heterocycles. The Morgan fingerprint density at radius 3 is 2.33 bits per heavy atom. The van der Waals surface area contributed by atoms with Crippen LogP contribution in [0.1, 0.15) is 5.69 Å². The van der Waals surface area contributed by atoms with Gasteiger partial charge in [0, 0.05) is 35.6 Å². The third-order valence-electron chi connectivity index (χ3n) is 4.19. The largest absolute Gasteiger partial charge is 0.454 e. The van der Waals surface area contributed by atoms with Gasteiger partial charge in [0.2, 0.25) is 10.0 Å². The zero-order valence-electron chi connectivity index (χ0n) is 16.3. The van der Waals surface area contributed by atoms with Crippen LogP contribution in [0.15, 0.2) is 47.3 Å². The van der Waals surface area contributed by atoms with Crippen molar-refractivity contribution in [1.82, 2.24) is 4.98 Å². The highest BCUT2D eigenvalue weighted by Gasteiger charge is 2.16. The van der Waals surface area contributed by atoms with Gasteiger partial charge in [-0.15, -0.1) is 0 Å². The second-order valence-electron chi connectivity index (χ2n) is 6.56. The van der Waals surface area contributed by atoms with Gasteiger partial charge in [0.1, 0.15) is 17.3 Å². The molecule has 0 aliphatic carbocycles. The maximum Gasteiger partial charge on any atom is 0.271 e. The van der Waals surface area contributed by atoms with Crippen LogP contribution in [-0.4, -0.2) is 26.7 Å². The number of hydrogen-bond acceptors (Lipinski definition) is 5. The number of hydrogen-bond donors (Lipinski definition) is 3. The standard InChI is InChI=1S/C20H19F2N3O4S/c1-11-14(10-17(23-2)20(26)24-11)15-9-13(25-30(3,27)28)5-7-18(15)29-19-6-4-12(21)8-16(19)22/h4-10,23,25H,1-3H3,(H,24,26). The van der Waals surface area contributed by atoms with E-state index in [-0.39, 0.29) is 28.4 Å². The first-order valence-corrected chi connectivity index (χ1v) is 10.6. The van der Waals surface area contributed by atoms with Gasteiger partial charge in [-0.1, -0.05) is 0 Å². The molecule has 0 atom stereocenters. The van der Waals surface area contributed by atoms with E-state index < -0.39 is 21.7 Å². The van der Waals surface area contributed by atoms with Gasteiger partial charge in [-0.3, -0.25) is 9.52 Å². The van der Waals surface area contributed by atoms with Gasteiger partial charge < -0.3 is 15.0 Å². The minimum Gasteiger partial charge on any atom is -0.454 e. The quantitative estimate of drug-likeness (QED) is 0.546. The fraction of sp³-hybridized carbons (Fsp3) is 0.150. The molecular formula is C20H19F2N3O4S. The first-order valence-electron chi connectivity index (χ1n) is 8.74. The van der Waals surface area contributed by atoms with Crippen molar-refractivity contribution in [1.29, 1.82) is 0 Å². The number of aromatic nitrogens is 1. The van der Waals surface area contributed by atoms with Crippen LogP contribution in [-0.2, 0) is 10.0 Å². The smallest absolute Gasteiger partial charge is 0.271 e. The van der Waals surface area contributed by atoms with Gasteiger partial charge in [0.15, 0.2) is 11.6 Å². The number of rotatable bonds is 6. The summed E-state index contributed by atoms with van der Waals surface area (Å²) in [5, 5.41) is 2.77. The number of halogens is 2. The highest BCUT2D eigenvalue weighted by Crippen LogP contribution is 2.38. The van der Waals surface area contributed by atoms with Gasteiger partial charge >= 0.3 is 0 Å². The van der Waals surface area contributed by atoms with E-state index in [9.17, 15) is 22.0 Å². The van der Waals surface area contributed by atoms with Crippen molar-refractivity contribution in [2.24, 2.45) is 0 Å². The number of aromatic amines is 1. The van der Waals surface area contributed by atoms with Crippen LogP contribution in [0.25, 0.3) is 11.1 Å². The summed E-state index contributed by atoms with van der Waals surface area (Å²) in [6.07, 6.45) is 1.01. The molecule has 30 heavy (non-hydrogen) atoms. The average molecular weight is 435 g/mol.